The molecule has 1 saturated heterocycles. The van der Waals surface area contributed by atoms with Gasteiger partial charge in [-0.25, -0.2) is 21.9 Å². The summed E-state index contributed by atoms with van der Waals surface area (Å²) < 4.78 is 44.4. The Morgan fingerprint density at radius 1 is 1.48 bits per heavy atom. The van der Waals surface area contributed by atoms with E-state index in [1.807, 2.05) is 0 Å². The van der Waals surface area contributed by atoms with Crippen LogP contribution in [0, 0.1) is 5.82 Å². The molecule has 0 bridgehead atoms. The molecule has 0 atom stereocenters. The van der Waals surface area contributed by atoms with Crippen molar-refractivity contribution in [2.24, 2.45) is 0 Å². The molecular weight excluding hydrogens is 346 g/mol. The lowest BCUT2D eigenvalue weighted by atomic mass is 10.2. The number of halogens is 3. The maximum absolute atomic E-state index is 13.9. The molecule has 1 aliphatic heterocycles. The third kappa shape index (κ3) is 4.19. The van der Waals surface area contributed by atoms with Crippen LogP contribution in [0.5, 0.6) is 5.75 Å². The second-order valence-corrected chi connectivity index (χ2v) is 7.17. The molecule has 0 aliphatic carbocycles. The first-order valence-electron chi connectivity index (χ1n) is 5.74. The summed E-state index contributed by atoms with van der Waals surface area (Å²) in [6, 6.07) is 1.96. The second-order valence-electron chi connectivity index (χ2n) is 4.53. The lowest BCUT2D eigenvalue weighted by Gasteiger charge is -2.33. The van der Waals surface area contributed by atoms with Gasteiger partial charge in [0, 0.05) is 6.07 Å². The summed E-state index contributed by atoms with van der Waals surface area (Å²) in [7, 11) is -3.79. The maximum atomic E-state index is 13.9. The molecule has 1 aromatic carbocycles. The summed E-state index contributed by atoms with van der Waals surface area (Å²) in [6.07, 6.45) is 0.575. The Labute approximate surface area is 130 Å². The van der Waals surface area contributed by atoms with Crippen LogP contribution in [-0.2, 0) is 10.0 Å². The molecule has 6 nitrogen and oxygen atoms in total. The minimum absolute atomic E-state index is 0.00285. The summed E-state index contributed by atoms with van der Waals surface area (Å²) in [4.78, 5) is 11.6. The van der Waals surface area contributed by atoms with Crippen molar-refractivity contribution in [3.05, 3.63) is 28.5 Å². The number of sulfonamides is 1. The molecule has 10 heteroatoms. The van der Waals surface area contributed by atoms with E-state index in [9.17, 15) is 17.6 Å². The number of hydrogen-bond donors (Lipinski definition) is 1. The zero-order valence-electron chi connectivity index (χ0n) is 10.8. The van der Waals surface area contributed by atoms with E-state index in [0.717, 1.165) is 18.4 Å². The Kier molecular flexibility index (Phi) is 4.62. The number of ether oxygens (including phenoxy) is 1. The number of carbonyl (C=O) groups is 1. The van der Waals surface area contributed by atoms with Crippen molar-refractivity contribution >= 4 is 39.3 Å². The zero-order valence-corrected chi connectivity index (χ0v) is 13.1. The highest BCUT2D eigenvalue weighted by molar-refractivity contribution is 7.89. The molecule has 21 heavy (non-hydrogen) atoms. The molecule has 116 valence electrons. The van der Waals surface area contributed by atoms with E-state index in [0.29, 0.717) is 13.1 Å². The molecule has 0 unspecified atom stereocenters. The molecular formula is C11H11Cl2FN2O4S. The van der Waals surface area contributed by atoms with Crippen molar-refractivity contribution in [2.45, 2.75) is 6.10 Å². The molecule has 0 radical (unpaired) electrons. The number of nitrogens with one attached hydrogen (secondary N) is 1. The molecule has 2 rings (SSSR count). The standard InChI is InChI=1S/C11H11Cl2FN2O4S/c1-21(18,19)15-11(17)7-2-8(12)10(3-9(7)14)20-6-4-16(13)5-6/h2-3,6H,4-5H2,1H3,(H,15,17). The van der Waals surface area contributed by atoms with Crippen molar-refractivity contribution in [1.82, 2.24) is 9.14 Å². The topological polar surface area (TPSA) is 75.7 Å². The van der Waals surface area contributed by atoms with Crippen LogP contribution in [0.25, 0.3) is 0 Å². The van der Waals surface area contributed by atoms with E-state index < -0.39 is 27.3 Å². The highest BCUT2D eigenvalue weighted by Crippen LogP contribution is 2.30. The summed E-state index contributed by atoms with van der Waals surface area (Å²) in [6.45, 7) is 0.936. The van der Waals surface area contributed by atoms with Crippen LogP contribution < -0.4 is 9.46 Å². The van der Waals surface area contributed by atoms with Gasteiger partial charge in [-0.2, -0.15) is 0 Å². The number of nitrogens with zero attached hydrogens (tertiary/aromatic N) is 1. The summed E-state index contributed by atoms with van der Waals surface area (Å²) in [5, 5.41) is 0.00285. The largest absolute Gasteiger partial charge is 0.486 e. The smallest absolute Gasteiger partial charge is 0.267 e. The number of benzene rings is 1. The Hall–Kier alpha value is -1.09. The van der Waals surface area contributed by atoms with E-state index >= 15 is 0 Å². The third-order valence-corrected chi connectivity index (χ3v) is 3.77. The molecule has 1 N–H and O–H groups in total. The molecule has 1 aliphatic rings. The summed E-state index contributed by atoms with van der Waals surface area (Å²) in [5.41, 5.74) is -0.481. The SMILES string of the molecule is CS(=O)(=O)NC(=O)c1cc(Cl)c(OC2CN(Cl)C2)cc1F. The van der Waals surface area contributed by atoms with E-state index in [2.05, 4.69) is 0 Å². The first-order valence-corrected chi connectivity index (χ1v) is 8.35. The molecule has 1 aromatic rings. The van der Waals surface area contributed by atoms with Gasteiger partial charge in [0.15, 0.2) is 0 Å². The van der Waals surface area contributed by atoms with Crippen LogP contribution in [0.1, 0.15) is 10.4 Å². The predicted molar refractivity (Wildman–Crippen MR) is 75.6 cm³/mol. The van der Waals surface area contributed by atoms with E-state index in [1.54, 1.807) is 4.72 Å². The van der Waals surface area contributed by atoms with Crippen LogP contribution >= 0.6 is 23.4 Å². The van der Waals surface area contributed by atoms with Gasteiger partial charge in [-0.3, -0.25) is 4.79 Å². The van der Waals surface area contributed by atoms with Crippen LogP contribution in [0.3, 0.4) is 0 Å². The summed E-state index contributed by atoms with van der Waals surface area (Å²) in [5.74, 6) is -1.96. The van der Waals surface area contributed by atoms with Crippen molar-refractivity contribution in [1.29, 1.82) is 0 Å². The molecule has 0 spiro atoms. The Balaban J connectivity index is 2.18. The zero-order chi connectivity index (χ0) is 15.8. The fraction of sp³-hybridized carbons (Fsp3) is 0.364. The first-order chi connectivity index (χ1) is 9.65. The van der Waals surface area contributed by atoms with Gasteiger partial charge in [-0.1, -0.05) is 11.6 Å². The van der Waals surface area contributed by atoms with Gasteiger partial charge in [0.2, 0.25) is 10.0 Å². The number of carbonyl (C=O) groups excluding carboxylic acids is 1. The molecule has 1 amide bonds. The Bertz CT molecular complexity index is 677. The lowest BCUT2D eigenvalue weighted by molar-refractivity contribution is 0.0781. The van der Waals surface area contributed by atoms with E-state index in [1.165, 1.54) is 4.42 Å². The van der Waals surface area contributed by atoms with E-state index in [-0.39, 0.29) is 16.9 Å². The van der Waals surface area contributed by atoms with Crippen molar-refractivity contribution in [3.63, 3.8) is 0 Å². The van der Waals surface area contributed by atoms with Gasteiger partial charge in [0.1, 0.15) is 17.7 Å². The van der Waals surface area contributed by atoms with Crippen molar-refractivity contribution in [3.8, 4) is 5.75 Å². The number of hydrogen-bond acceptors (Lipinski definition) is 5. The predicted octanol–water partition coefficient (Wildman–Crippen LogP) is 1.39. The van der Waals surface area contributed by atoms with Crippen molar-refractivity contribution < 1.29 is 22.3 Å². The fourth-order valence-corrected chi connectivity index (χ4v) is 2.62. The van der Waals surface area contributed by atoms with Gasteiger partial charge in [0.05, 0.1) is 29.9 Å². The summed E-state index contributed by atoms with van der Waals surface area (Å²) >= 11 is 11.6. The Morgan fingerprint density at radius 2 is 2.10 bits per heavy atom. The van der Waals surface area contributed by atoms with Crippen LogP contribution in [-0.4, -0.2) is 44.2 Å². The minimum Gasteiger partial charge on any atom is -0.486 e. The van der Waals surface area contributed by atoms with Gasteiger partial charge in [0.25, 0.3) is 5.91 Å². The molecule has 1 fully saturated rings. The van der Waals surface area contributed by atoms with Gasteiger partial charge >= 0.3 is 0 Å². The van der Waals surface area contributed by atoms with Gasteiger partial charge < -0.3 is 4.74 Å². The Morgan fingerprint density at radius 3 is 2.62 bits per heavy atom. The average Bonchev–Trinajstić information content (AvgIpc) is 2.28. The molecule has 0 saturated carbocycles. The van der Waals surface area contributed by atoms with Crippen LogP contribution in [0.2, 0.25) is 5.02 Å². The van der Waals surface area contributed by atoms with Crippen molar-refractivity contribution in [2.75, 3.05) is 19.3 Å². The highest BCUT2D eigenvalue weighted by atomic mass is 35.5. The second kappa shape index (κ2) is 5.96. The quantitative estimate of drug-likeness (QED) is 0.825. The minimum atomic E-state index is -3.79. The van der Waals surface area contributed by atoms with Gasteiger partial charge in [-0.15, -0.1) is 0 Å². The lowest BCUT2D eigenvalue weighted by Crippen LogP contribution is -2.48. The normalized spacial score (nSPS) is 16.4. The monoisotopic (exact) mass is 356 g/mol. The average molecular weight is 357 g/mol. The molecule has 1 heterocycles. The number of rotatable bonds is 4. The first kappa shape index (κ1) is 16.3. The van der Waals surface area contributed by atoms with E-state index in [4.69, 9.17) is 28.1 Å². The van der Waals surface area contributed by atoms with Crippen LogP contribution in [0.4, 0.5) is 4.39 Å². The van der Waals surface area contributed by atoms with Gasteiger partial charge in [-0.05, 0) is 17.8 Å². The molecule has 0 aromatic heterocycles. The fourth-order valence-electron chi connectivity index (χ4n) is 1.66. The number of amides is 1. The highest BCUT2D eigenvalue weighted by Gasteiger charge is 2.28. The van der Waals surface area contributed by atoms with Crippen LogP contribution in [0.15, 0.2) is 12.1 Å². The third-order valence-electron chi connectivity index (χ3n) is 2.64. The maximum Gasteiger partial charge on any atom is 0.267 e.